The van der Waals surface area contributed by atoms with Gasteiger partial charge in [0.05, 0.1) is 22.6 Å². The van der Waals surface area contributed by atoms with Gasteiger partial charge in [-0.3, -0.25) is 4.98 Å². The van der Waals surface area contributed by atoms with Crippen molar-refractivity contribution >= 4 is 17.6 Å². The molecule has 3 aromatic rings. The zero-order chi connectivity index (χ0) is 16.2. The second-order valence-electron chi connectivity index (χ2n) is 4.57. The van der Waals surface area contributed by atoms with E-state index < -0.39 is 11.6 Å². The minimum Gasteiger partial charge on any atom is -0.359 e. The summed E-state index contributed by atoms with van der Waals surface area (Å²) in [6.45, 7) is 0. The number of rotatable bonds is 4. The lowest BCUT2D eigenvalue weighted by Crippen LogP contribution is -1.96. The van der Waals surface area contributed by atoms with Gasteiger partial charge in [0.1, 0.15) is 6.07 Å². The van der Waals surface area contributed by atoms with E-state index in [0.717, 1.165) is 28.2 Å². The van der Waals surface area contributed by atoms with Crippen molar-refractivity contribution < 1.29 is 8.78 Å². The molecule has 0 unspecified atom stereocenters. The van der Waals surface area contributed by atoms with Crippen LogP contribution in [0.2, 0.25) is 0 Å². The van der Waals surface area contributed by atoms with Crippen LogP contribution in [0.4, 0.5) is 14.5 Å². The Morgan fingerprint density at radius 2 is 2.04 bits per heavy atom. The Bertz CT molecular complexity index is 872. The number of nitriles is 1. The van der Waals surface area contributed by atoms with Crippen LogP contribution in [0.1, 0.15) is 5.56 Å². The molecule has 0 bridgehead atoms. The molecule has 23 heavy (non-hydrogen) atoms. The third-order valence-corrected chi connectivity index (χ3v) is 3.87. The highest BCUT2D eigenvalue weighted by atomic mass is 32.2. The van der Waals surface area contributed by atoms with E-state index in [4.69, 9.17) is 5.26 Å². The van der Waals surface area contributed by atoms with Crippen molar-refractivity contribution in [2.24, 2.45) is 0 Å². The third kappa shape index (κ3) is 3.17. The molecule has 114 valence electrons. The summed E-state index contributed by atoms with van der Waals surface area (Å²) in [5.74, 6) is -2.22. The van der Waals surface area contributed by atoms with Crippen LogP contribution in [0.25, 0.3) is 11.4 Å². The fourth-order valence-corrected chi connectivity index (χ4v) is 2.61. The van der Waals surface area contributed by atoms with Crippen LogP contribution in [0.5, 0.6) is 0 Å². The number of anilines is 1. The fourth-order valence-electron chi connectivity index (χ4n) is 1.93. The minimum atomic E-state index is -1.15. The highest BCUT2D eigenvalue weighted by molar-refractivity contribution is 8.00. The SMILES string of the molecule is N#Cc1ccc(NSc2c[nH]c(-c3ccccn3)c2)c(F)c1F. The Balaban J connectivity index is 1.74. The number of aromatic amines is 1. The van der Waals surface area contributed by atoms with Crippen LogP contribution >= 0.6 is 11.9 Å². The van der Waals surface area contributed by atoms with Crippen LogP contribution in [-0.2, 0) is 0 Å². The lowest BCUT2D eigenvalue weighted by atomic mass is 10.2. The van der Waals surface area contributed by atoms with Gasteiger partial charge >= 0.3 is 0 Å². The van der Waals surface area contributed by atoms with Crippen molar-refractivity contribution in [2.75, 3.05) is 4.72 Å². The van der Waals surface area contributed by atoms with Crippen LogP contribution in [0.15, 0.2) is 53.7 Å². The topological polar surface area (TPSA) is 64.5 Å². The predicted octanol–water partition coefficient (Wildman–Crippen LogP) is 4.35. The molecule has 2 N–H and O–H groups in total. The molecule has 0 saturated carbocycles. The monoisotopic (exact) mass is 328 g/mol. The Kier molecular flexibility index (Phi) is 4.26. The van der Waals surface area contributed by atoms with Crippen LogP contribution in [0, 0.1) is 23.0 Å². The van der Waals surface area contributed by atoms with E-state index in [0.29, 0.717) is 0 Å². The molecule has 0 aliphatic heterocycles. The van der Waals surface area contributed by atoms with Crippen molar-refractivity contribution in [3.05, 3.63) is 66.0 Å². The summed E-state index contributed by atoms with van der Waals surface area (Å²) in [6.07, 6.45) is 3.43. The molecule has 7 heteroatoms. The van der Waals surface area contributed by atoms with Crippen molar-refractivity contribution in [3.8, 4) is 17.5 Å². The molecular formula is C16H10F2N4S. The maximum Gasteiger partial charge on any atom is 0.184 e. The average Bonchev–Trinajstić information content (AvgIpc) is 3.06. The van der Waals surface area contributed by atoms with Gasteiger partial charge in [-0.15, -0.1) is 0 Å². The molecule has 0 aliphatic carbocycles. The molecule has 0 radical (unpaired) electrons. The predicted molar refractivity (Wildman–Crippen MR) is 84.6 cm³/mol. The first kappa shape index (κ1) is 15.1. The number of benzene rings is 1. The largest absolute Gasteiger partial charge is 0.359 e. The molecule has 2 heterocycles. The van der Waals surface area contributed by atoms with Crippen LogP contribution < -0.4 is 4.72 Å². The molecule has 0 spiro atoms. The van der Waals surface area contributed by atoms with Gasteiger partial charge in [-0.2, -0.15) is 5.26 Å². The molecule has 1 aromatic carbocycles. The quantitative estimate of drug-likeness (QED) is 0.699. The molecule has 0 amide bonds. The maximum absolute atomic E-state index is 13.8. The Morgan fingerprint density at radius 3 is 2.78 bits per heavy atom. The fraction of sp³-hybridized carbons (Fsp3) is 0. The smallest absolute Gasteiger partial charge is 0.184 e. The summed E-state index contributed by atoms with van der Waals surface area (Å²) in [5.41, 5.74) is 1.26. The van der Waals surface area contributed by atoms with Gasteiger partial charge in [0.2, 0.25) is 0 Å². The molecule has 3 rings (SSSR count). The summed E-state index contributed by atoms with van der Waals surface area (Å²) in [7, 11) is 0. The molecule has 0 fully saturated rings. The number of hydrogen-bond donors (Lipinski definition) is 2. The Hall–Kier alpha value is -2.85. The summed E-state index contributed by atoms with van der Waals surface area (Å²) in [6, 6.07) is 11.6. The first-order chi connectivity index (χ1) is 11.2. The van der Waals surface area contributed by atoms with Gasteiger partial charge in [-0.1, -0.05) is 6.07 Å². The lowest BCUT2D eigenvalue weighted by molar-refractivity contribution is 0.510. The Labute approximate surface area is 135 Å². The number of nitrogens with one attached hydrogen (secondary N) is 2. The standard InChI is InChI=1S/C16H10F2N4S/c17-15-10(8-19)4-5-13(16(15)18)22-23-11-7-14(21-9-11)12-3-1-2-6-20-12/h1-7,9,21-22H. The van der Waals surface area contributed by atoms with Gasteiger partial charge in [-0.05, 0) is 42.3 Å². The molecule has 2 aromatic heterocycles. The van der Waals surface area contributed by atoms with E-state index in [1.165, 1.54) is 12.1 Å². The minimum absolute atomic E-state index is 0.0212. The summed E-state index contributed by atoms with van der Waals surface area (Å²) < 4.78 is 30.1. The summed E-state index contributed by atoms with van der Waals surface area (Å²) in [5, 5.41) is 8.66. The number of hydrogen-bond acceptors (Lipinski definition) is 4. The van der Waals surface area contributed by atoms with Gasteiger partial charge in [0.15, 0.2) is 11.6 Å². The normalized spacial score (nSPS) is 10.3. The van der Waals surface area contributed by atoms with Crippen LogP contribution in [0.3, 0.4) is 0 Å². The number of nitrogens with zero attached hydrogens (tertiary/aromatic N) is 2. The Morgan fingerprint density at radius 1 is 1.17 bits per heavy atom. The van der Waals surface area contributed by atoms with E-state index >= 15 is 0 Å². The molecular weight excluding hydrogens is 318 g/mol. The number of H-pyrrole nitrogens is 1. The van der Waals surface area contributed by atoms with Gasteiger partial charge in [0, 0.05) is 17.3 Å². The zero-order valence-electron chi connectivity index (χ0n) is 11.7. The summed E-state index contributed by atoms with van der Waals surface area (Å²) >= 11 is 1.13. The lowest BCUT2D eigenvalue weighted by Gasteiger charge is -2.06. The van der Waals surface area contributed by atoms with E-state index in [9.17, 15) is 8.78 Å². The highest BCUT2D eigenvalue weighted by Gasteiger charge is 2.13. The molecule has 0 aliphatic rings. The number of halogens is 2. The third-order valence-electron chi connectivity index (χ3n) is 3.08. The molecule has 0 atom stereocenters. The van der Waals surface area contributed by atoms with E-state index in [2.05, 4.69) is 14.7 Å². The second-order valence-corrected chi connectivity index (χ2v) is 5.45. The van der Waals surface area contributed by atoms with Crippen molar-refractivity contribution in [3.63, 3.8) is 0 Å². The second kappa shape index (κ2) is 6.50. The van der Waals surface area contributed by atoms with Crippen LogP contribution in [-0.4, -0.2) is 9.97 Å². The first-order valence-corrected chi connectivity index (χ1v) is 7.41. The van der Waals surface area contributed by atoms with Gasteiger partial charge in [-0.25, -0.2) is 8.78 Å². The van der Waals surface area contributed by atoms with Crippen molar-refractivity contribution in [2.45, 2.75) is 4.90 Å². The molecule has 4 nitrogen and oxygen atoms in total. The van der Waals surface area contributed by atoms with E-state index in [1.54, 1.807) is 18.5 Å². The highest BCUT2D eigenvalue weighted by Crippen LogP contribution is 2.28. The first-order valence-electron chi connectivity index (χ1n) is 6.60. The van der Waals surface area contributed by atoms with Crippen molar-refractivity contribution in [1.82, 2.24) is 9.97 Å². The maximum atomic E-state index is 13.8. The number of pyridine rings is 1. The average molecular weight is 328 g/mol. The summed E-state index contributed by atoms with van der Waals surface area (Å²) in [4.78, 5) is 8.08. The van der Waals surface area contributed by atoms with E-state index in [1.807, 2.05) is 24.3 Å². The van der Waals surface area contributed by atoms with Crippen molar-refractivity contribution in [1.29, 1.82) is 5.26 Å². The van der Waals surface area contributed by atoms with Gasteiger partial charge in [0.25, 0.3) is 0 Å². The zero-order valence-corrected chi connectivity index (χ0v) is 12.5. The molecule has 0 saturated heterocycles. The van der Waals surface area contributed by atoms with E-state index in [-0.39, 0.29) is 11.3 Å². The number of aromatic nitrogens is 2. The van der Waals surface area contributed by atoms with Gasteiger partial charge < -0.3 is 9.71 Å².